The summed E-state index contributed by atoms with van der Waals surface area (Å²) in [7, 11) is 0. The first-order chi connectivity index (χ1) is 9.65. The van der Waals surface area contributed by atoms with Crippen LogP contribution in [-0.4, -0.2) is 30.6 Å². The number of nitrogens with one attached hydrogen (secondary N) is 2. The number of benzene rings is 1. The zero-order valence-corrected chi connectivity index (χ0v) is 11.0. The van der Waals surface area contributed by atoms with Gasteiger partial charge in [0.15, 0.2) is 0 Å². The summed E-state index contributed by atoms with van der Waals surface area (Å²) in [6, 6.07) is 5.40. The van der Waals surface area contributed by atoms with Gasteiger partial charge in [0.2, 0.25) is 5.91 Å². The fourth-order valence-electron chi connectivity index (χ4n) is 2.60. The van der Waals surface area contributed by atoms with Gasteiger partial charge >= 0.3 is 0 Å². The van der Waals surface area contributed by atoms with E-state index in [2.05, 4.69) is 10.6 Å². The zero-order chi connectivity index (χ0) is 14.1. The first-order valence-electron chi connectivity index (χ1n) is 6.75. The highest BCUT2D eigenvalue weighted by Gasteiger charge is 2.30. The number of carbonyl (C=O) groups is 2. The summed E-state index contributed by atoms with van der Waals surface area (Å²) in [6.45, 7) is 0.441. The number of hydrogen-bond acceptors (Lipinski definition) is 4. The number of hydrogen-bond donors (Lipinski definition) is 3. The van der Waals surface area contributed by atoms with Gasteiger partial charge in [-0.05, 0) is 36.6 Å². The van der Waals surface area contributed by atoms with Gasteiger partial charge in [0.1, 0.15) is 6.10 Å². The number of fused-ring (bicyclic) bond motifs is 1. The molecule has 2 atom stereocenters. The van der Waals surface area contributed by atoms with Gasteiger partial charge in [0, 0.05) is 17.9 Å². The van der Waals surface area contributed by atoms with Crippen LogP contribution in [0.25, 0.3) is 0 Å². The number of amides is 2. The lowest BCUT2D eigenvalue weighted by atomic mass is 10.1. The predicted molar refractivity (Wildman–Crippen MR) is 74.4 cm³/mol. The molecule has 106 valence electrons. The summed E-state index contributed by atoms with van der Waals surface area (Å²) in [6.07, 6.45) is 1.41. The molecule has 6 nitrogen and oxygen atoms in total. The van der Waals surface area contributed by atoms with E-state index in [9.17, 15) is 9.59 Å². The monoisotopic (exact) mass is 275 g/mol. The number of carbonyl (C=O) groups excluding carboxylic acids is 2. The molecule has 1 aromatic rings. The fourth-order valence-corrected chi connectivity index (χ4v) is 2.60. The lowest BCUT2D eigenvalue weighted by molar-refractivity contribution is -0.126. The molecule has 2 heterocycles. The Hall–Kier alpha value is -1.92. The van der Waals surface area contributed by atoms with Crippen molar-refractivity contribution < 1.29 is 14.3 Å². The molecule has 0 aliphatic carbocycles. The highest BCUT2D eigenvalue weighted by Crippen LogP contribution is 2.27. The van der Waals surface area contributed by atoms with E-state index in [0.29, 0.717) is 25.1 Å². The van der Waals surface area contributed by atoms with Gasteiger partial charge < -0.3 is 21.1 Å². The molecule has 0 bridgehead atoms. The second-order valence-electron chi connectivity index (χ2n) is 5.15. The minimum Gasteiger partial charge on any atom is -0.364 e. The summed E-state index contributed by atoms with van der Waals surface area (Å²) >= 11 is 0. The van der Waals surface area contributed by atoms with Gasteiger partial charge in [0.25, 0.3) is 5.91 Å². The smallest absolute Gasteiger partial charge is 0.253 e. The second kappa shape index (κ2) is 5.22. The summed E-state index contributed by atoms with van der Waals surface area (Å²) in [4.78, 5) is 23.4. The molecule has 20 heavy (non-hydrogen) atoms. The van der Waals surface area contributed by atoms with E-state index in [0.717, 1.165) is 17.7 Å². The van der Waals surface area contributed by atoms with E-state index in [1.807, 2.05) is 6.07 Å². The van der Waals surface area contributed by atoms with Crippen molar-refractivity contribution >= 4 is 23.2 Å². The molecule has 6 heteroatoms. The van der Waals surface area contributed by atoms with E-state index in [1.54, 1.807) is 12.1 Å². The molecule has 0 saturated carbocycles. The predicted octanol–water partition coefficient (Wildman–Crippen LogP) is 0.626. The Morgan fingerprint density at radius 2 is 2.30 bits per heavy atom. The maximum atomic E-state index is 12.1. The van der Waals surface area contributed by atoms with E-state index in [4.69, 9.17) is 10.5 Å². The molecule has 2 amide bonds. The minimum absolute atomic E-state index is 0.0200. The van der Waals surface area contributed by atoms with Crippen molar-refractivity contribution in [3.8, 4) is 0 Å². The largest absolute Gasteiger partial charge is 0.364 e. The molecule has 1 saturated heterocycles. The van der Waals surface area contributed by atoms with Gasteiger partial charge in [0.05, 0.1) is 12.5 Å². The molecule has 1 fully saturated rings. The van der Waals surface area contributed by atoms with Crippen LogP contribution in [0.1, 0.15) is 18.4 Å². The van der Waals surface area contributed by atoms with Gasteiger partial charge in [-0.3, -0.25) is 9.59 Å². The normalized spacial score (nSPS) is 24.4. The van der Waals surface area contributed by atoms with Crippen molar-refractivity contribution in [2.75, 3.05) is 17.2 Å². The average molecular weight is 275 g/mol. The van der Waals surface area contributed by atoms with Gasteiger partial charge in [-0.15, -0.1) is 0 Å². The molecular formula is C14H17N3O3. The van der Waals surface area contributed by atoms with Crippen molar-refractivity contribution in [2.24, 2.45) is 5.73 Å². The maximum Gasteiger partial charge on any atom is 0.253 e. The highest BCUT2D eigenvalue weighted by atomic mass is 16.5. The molecule has 4 N–H and O–H groups in total. The molecule has 0 aromatic heterocycles. The second-order valence-corrected chi connectivity index (χ2v) is 5.15. The van der Waals surface area contributed by atoms with E-state index in [1.165, 1.54) is 0 Å². The zero-order valence-electron chi connectivity index (χ0n) is 11.0. The SMILES string of the molecule is NC[C@H]1CC[C@@H](C(=O)Nc2ccc3c(c2)CC(=O)N3)O1. The van der Waals surface area contributed by atoms with E-state index >= 15 is 0 Å². The standard InChI is InChI=1S/C14H17N3O3/c15-7-10-2-4-12(20-10)14(19)16-9-1-3-11-8(5-9)6-13(18)17-11/h1,3,5,10,12H,2,4,6-7,15H2,(H,16,19)(H,17,18)/t10-,12+/m1/s1. The summed E-state index contributed by atoms with van der Waals surface area (Å²) in [5.74, 6) is -0.174. The Balaban J connectivity index is 1.65. The van der Waals surface area contributed by atoms with Crippen molar-refractivity contribution in [3.63, 3.8) is 0 Å². The first kappa shape index (κ1) is 13.1. The third-order valence-corrected chi connectivity index (χ3v) is 3.66. The summed E-state index contributed by atoms with van der Waals surface area (Å²) < 4.78 is 5.55. The third-order valence-electron chi connectivity index (χ3n) is 3.66. The molecular weight excluding hydrogens is 258 g/mol. The lowest BCUT2D eigenvalue weighted by Gasteiger charge is -2.13. The number of nitrogens with two attached hydrogens (primary N) is 1. The van der Waals surface area contributed by atoms with Crippen molar-refractivity contribution in [1.82, 2.24) is 0 Å². The quantitative estimate of drug-likeness (QED) is 0.754. The molecule has 2 aliphatic heterocycles. The van der Waals surface area contributed by atoms with Crippen LogP contribution in [0.4, 0.5) is 11.4 Å². The number of ether oxygens (including phenoxy) is 1. The van der Waals surface area contributed by atoms with Crippen molar-refractivity contribution in [1.29, 1.82) is 0 Å². The molecule has 2 aliphatic rings. The van der Waals surface area contributed by atoms with E-state index < -0.39 is 6.10 Å². The third kappa shape index (κ3) is 2.52. The number of anilines is 2. The highest BCUT2D eigenvalue weighted by molar-refractivity contribution is 6.00. The van der Waals surface area contributed by atoms with Crippen LogP contribution in [0.2, 0.25) is 0 Å². The lowest BCUT2D eigenvalue weighted by Crippen LogP contribution is -2.29. The molecule has 0 spiro atoms. The average Bonchev–Trinajstić information content (AvgIpc) is 3.03. The van der Waals surface area contributed by atoms with Gasteiger partial charge in [-0.25, -0.2) is 0 Å². The van der Waals surface area contributed by atoms with E-state index in [-0.39, 0.29) is 17.9 Å². The number of rotatable bonds is 3. The van der Waals surface area contributed by atoms with Crippen LogP contribution in [0.15, 0.2) is 18.2 Å². The molecule has 0 radical (unpaired) electrons. The van der Waals surface area contributed by atoms with Crippen LogP contribution >= 0.6 is 0 Å². The summed E-state index contributed by atoms with van der Waals surface area (Å²) in [5, 5.41) is 5.59. The molecule has 1 aromatic carbocycles. The van der Waals surface area contributed by atoms with Crippen LogP contribution in [0, 0.1) is 0 Å². The first-order valence-corrected chi connectivity index (χ1v) is 6.75. The van der Waals surface area contributed by atoms with Crippen molar-refractivity contribution in [2.45, 2.75) is 31.5 Å². The Morgan fingerprint density at radius 3 is 3.05 bits per heavy atom. The Labute approximate surface area is 116 Å². The Bertz CT molecular complexity index is 559. The Kier molecular flexibility index (Phi) is 3.42. The topological polar surface area (TPSA) is 93.5 Å². The van der Waals surface area contributed by atoms with Crippen LogP contribution < -0.4 is 16.4 Å². The molecule has 3 rings (SSSR count). The van der Waals surface area contributed by atoms with Crippen LogP contribution in [-0.2, 0) is 20.7 Å². The minimum atomic E-state index is -0.434. The Morgan fingerprint density at radius 1 is 1.45 bits per heavy atom. The summed E-state index contributed by atoms with van der Waals surface area (Å²) in [5.41, 5.74) is 7.93. The molecule has 0 unspecified atom stereocenters. The van der Waals surface area contributed by atoms with Crippen LogP contribution in [0.3, 0.4) is 0 Å². The van der Waals surface area contributed by atoms with Gasteiger partial charge in [-0.1, -0.05) is 0 Å². The van der Waals surface area contributed by atoms with Crippen molar-refractivity contribution in [3.05, 3.63) is 23.8 Å². The van der Waals surface area contributed by atoms with Crippen LogP contribution in [0.5, 0.6) is 0 Å². The fraction of sp³-hybridized carbons (Fsp3) is 0.429. The van der Waals surface area contributed by atoms with Gasteiger partial charge in [-0.2, -0.15) is 0 Å². The maximum absolute atomic E-state index is 12.1.